The zero-order valence-electron chi connectivity index (χ0n) is 9.69. The van der Waals surface area contributed by atoms with E-state index in [1.165, 1.54) is 0 Å². The van der Waals surface area contributed by atoms with Gasteiger partial charge >= 0.3 is 0 Å². The fourth-order valence-corrected chi connectivity index (χ4v) is 1.18. The fourth-order valence-electron chi connectivity index (χ4n) is 1.18. The third kappa shape index (κ3) is 2.79. The summed E-state index contributed by atoms with van der Waals surface area (Å²) in [6, 6.07) is 5.30. The number of amidine groups is 1. The maximum Gasteiger partial charge on any atom is 0.170 e. The number of rotatable bonds is 5. The number of methoxy groups -OCH3 is 2. The lowest BCUT2D eigenvalue weighted by molar-refractivity contribution is 0.158. The van der Waals surface area contributed by atoms with E-state index in [4.69, 9.17) is 20.0 Å². The van der Waals surface area contributed by atoms with Crippen molar-refractivity contribution < 1.29 is 14.3 Å². The van der Waals surface area contributed by atoms with Gasteiger partial charge in [-0.25, -0.2) is 0 Å². The van der Waals surface area contributed by atoms with Crippen molar-refractivity contribution in [2.75, 3.05) is 20.8 Å². The van der Waals surface area contributed by atoms with E-state index in [0.29, 0.717) is 23.9 Å². The van der Waals surface area contributed by atoms with Crippen LogP contribution in [0.25, 0.3) is 0 Å². The molecule has 2 N–H and O–H groups in total. The molecule has 16 heavy (non-hydrogen) atoms. The van der Waals surface area contributed by atoms with Crippen LogP contribution in [0.4, 0.5) is 0 Å². The van der Waals surface area contributed by atoms with Crippen molar-refractivity contribution in [3.8, 4) is 11.5 Å². The number of oxime groups is 1. The number of benzene rings is 1. The SMILES string of the molecule is CCO/N=C(\N)c1ccc(OC)c(OC)c1. The van der Waals surface area contributed by atoms with E-state index in [2.05, 4.69) is 5.16 Å². The van der Waals surface area contributed by atoms with Gasteiger partial charge in [0, 0.05) is 5.56 Å². The van der Waals surface area contributed by atoms with Gasteiger partial charge in [-0.2, -0.15) is 0 Å². The molecule has 1 rings (SSSR count). The summed E-state index contributed by atoms with van der Waals surface area (Å²) in [4.78, 5) is 4.87. The van der Waals surface area contributed by atoms with Crippen LogP contribution in [0.15, 0.2) is 23.4 Å². The highest BCUT2D eigenvalue weighted by molar-refractivity contribution is 5.97. The second kappa shape index (κ2) is 5.85. The molecule has 5 nitrogen and oxygen atoms in total. The highest BCUT2D eigenvalue weighted by atomic mass is 16.6. The lowest BCUT2D eigenvalue weighted by atomic mass is 10.2. The van der Waals surface area contributed by atoms with Crippen molar-refractivity contribution in [2.45, 2.75) is 6.92 Å². The largest absolute Gasteiger partial charge is 0.493 e. The Morgan fingerprint density at radius 2 is 1.94 bits per heavy atom. The van der Waals surface area contributed by atoms with Crippen LogP contribution < -0.4 is 15.2 Å². The van der Waals surface area contributed by atoms with Gasteiger partial charge in [0.2, 0.25) is 0 Å². The fraction of sp³-hybridized carbons (Fsp3) is 0.364. The summed E-state index contributed by atoms with van der Waals surface area (Å²) in [5.41, 5.74) is 6.45. The molecular weight excluding hydrogens is 208 g/mol. The van der Waals surface area contributed by atoms with E-state index >= 15 is 0 Å². The van der Waals surface area contributed by atoms with Crippen LogP contribution in [-0.4, -0.2) is 26.7 Å². The Balaban J connectivity index is 2.98. The third-order valence-corrected chi connectivity index (χ3v) is 1.97. The van der Waals surface area contributed by atoms with Gasteiger partial charge in [0.05, 0.1) is 14.2 Å². The summed E-state index contributed by atoms with van der Waals surface area (Å²) >= 11 is 0. The van der Waals surface area contributed by atoms with Crippen molar-refractivity contribution in [1.29, 1.82) is 0 Å². The van der Waals surface area contributed by atoms with E-state index < -0.39 is 0 Å². The number of hydrogen-bond donors (Lipinski definition) is 1. The Bertz CT molecular complexity index is 377. The van der Waals surface area contributed by atoms with Crippen LogP contribution in [0.2, 0.25) is 0 Å². The molecule has 0 bridgehead atoms. The lowest BCUT2D eigenvalue weighted by Gasteiger charge is -2.08. The van der Waals surface area contributed by atoms with Crippen LogP contribution in [0, 0.1) is 0 Å². The normalized spacial score (nSPS) is 11.1. The molecule has 0 aliphatic carbocycles. The molecule has 0 unspecified atom stereocenters. The summed E-state index contributed by atoms with van der Waals surface area (Å²) in [7, 11) is 3.15. The van der Waals surface area contributed by atoms with Gasteiger partial charge in [0.25, 0.3) is 0 Å². The molecule has 0 saturated heterocycles. The highest BCUT2D eigenvalue weighted by Gasteiger charge is 2.07. The second-order valence-electron chi connectivity index (χ2n) is 2.96. The summed E-state index contributed by atoms with van der Waals surface area (Å²) in [5, 5.41) is 3.74. The van der Waals surface area contributed by atoms with Crippen molar-refractivity contribution >= 4 is 5.84 Å². The predicted molar refractivity (Wildman–Crippen MR) is 61.9 cm³/mol. The van der Waals surface area contributed by atoms with Gasteiger partial charge in [0.15, 0.2) is 17.3 Å². The molecule has 0 atom stereocenters. The molecule has 1 aromatic carbocycles. The van der Waals surface area contributed by atoms with Crippen molar-refractivity contribution in [1.82, 2.24) is 0 Å². The molecular formula is C11H16N2O3. The van der Waals surface area contributed by atoms with Crippen LogP contribution in [0.1, 0.15) is 12.5 Å². The zero-order valence-corrected chi connectivity index (χ0v) is 9.69. The molecule has 0 amide bonds. The highest BCUT2D eigenvalue weighted by Crippen LogP contribution is 2.27. The Kier molecular flexibility index (Phi) is 4.44. The molecule has 0 aliphatic rings. The number of ether oxygens (including phenoxy) is 2. The van der Waals surface area contributed by atoms with Gasteiger partial charge in [-0.05, 0) is 25.1 Å². The Labute approximate surface area is 94.8 Å². The first-order chi connectivity index (χ1) is 7.72. The van der Waals surface area contributed by atoms with E-state index in [0.717, 1.165) is 5.56 Å². The summed E-state index contributed by atoms with van der Waals surface area (Å²) in [6.07, 6.45) is 0. The first kappa shape index (κ1) is 12.2. The molecule has 0 aromatic heterocycles. The summed E-state index contributed by atoms with van der Waals surface area (Å²) in [6.45, 7) is 2.32. The smallest absolute Gasteiger partial charge is 0.170 e. The molecule has 1 aromatic rings. The standard InChI is InChI=1S/C11H16N2O3/c1-4-16-13-11(12)8-5-6-9(14-2)10(7-8)15-3/h5-7H,4H2,1-3H3,(H2,12,13). The first-order valence-electron chi connectivity index (χ1n) is 4.90. The van der Waals surface area contributed by atoms with Gasteiger partial charge in [0.1, 0.15) is 6.61 Å². The van der Waals surface area contributed by atoms with Crippen LogP contribution in [-0.2, 0) is 4.84 Å². The monoisotopic (exact) mass is 224 g/mol. The minimum absolute atomic E-state index is 0.308. The average molecular weight is 224 g/mol. The number of nitrogens with zero attached hydrogens (tertiary/aromatic N) is 1. The Morgan fingerprint density at radius 1 is 1.25 bits per heavy atom. The molecule has 0 radical (unpaired) electrons. The Hall–Kier alpha value is -1.91. The zero-order chi connectivity index (χ0) is 12.0. The van der Waals surface area contributed by atoms with Crippen molar-refractivity contribution in [3.63, 3.8) is 0 Å². The predicted octanol–water partition coefficient (Wildman–Crippen LogP) is 1.36. The average Bonchev–Trinajstić information content (AvgIpc) is 2.34. The van der Waals surface area contributed by atoms with Gasteiger partial charge in [-0.1, -0.05) is 5.16 Å². The van der Waals surface area contributed by atoms with Gasteiger partial charge in [-0.3, -0.25) is 0 Å². The topological polar surface area (TPSA) is 66.1 Å². The minimum atomic E-state index is 0.308. The first-order valence-corrected chi connectivity index (χ1v) is 4.90. The van der Waals surface area contributed by atoms with Crippen LogP contribution >= 0.6 is 0 Å². The van der Waals surface area contributed by atoms with Crippen LogP contribution in [0.5, 0.6) is 11.5 Å². The van der Waals surface area contributed by atoms with Crippen molar-refractivity contribution in [2.24, 2.45) is 10.9 Å². The maximum atomic E-state index is 5.72. The van der Waals surface area contributed by atoms with Crippen molar-refractivity contribution in [3.05, 3.63) is 23.8 Å². The maximum absolute atomic E-state index is 5.72. The molecule has 0 heterocycles. The summed E-state index contributed by atoms with van der Waals surface area (Å²) in [5.74, 6) is 1.56. The molecule has 5 heteroatoms. The molecule has 0 aliphatic heterocycles. The molecule has 88 valence electrons. The molecule has 0 spiro atoms. The van der Waals surface area contributed by atoms with Gasteiger partial charge in [-0.15, -0.1) is 0 Å². The quantitative estimate of drug-likeness (QED) is 0.466. The minimum Gasteiger partial charge on any atom is -0.493 e. The van der Waals surface area contributed by atoms with E-state index in [-0.39, 0.29) is 0 Å². The molecule has 0 fully saturated rings. The summed E-state index contributed by atoms with van der Waals surface area (Å²) < 4.78 is 10.3. The third-order valence-electron chi connectivity index (χ3n) is 1.97. The van der Waals surface area contributed by atoms with Gasteiger partial charge < -0.3 is 20.0 Å². The van der Waals surface area contributed by atoms with Crippen LogP contribution in [0.3, 0.4) is 0 Å². The lowest BCUT2D eigenvalue weighted by Crippen LogP contribution is -2.14. The van der Waals surface area contributed by atoms with E-state index in [1.54, 1.807) is 32.4 Å². The molecule has 0 saturated carbocycles. The van der Waals surface area contributed by atoms with E-state index in [1.807, 2.05) is 6.92 Å². The second-order valence-corrected chi connectivity index (χ2v) is 2.96. The van der Waals surface area contributed by atoms with E-state index in [9.17, 15) is 0 Å². The Morgan fingerprint density at radius 3 is 2.50 bits per heavy atom. The number of hydrogen-bond acceptors (Lipinski definition) is 4. The number of nitrogens with two attached hydrogens (primary N) is 1.